The van der Waals surface area contributed by atoms with Crippen molar-refractivity contribution in [2.24, 2.45) is 10.8 Å². The zero-order chi connectivity index (χ0) is 28.3. The van der Waals surface area contributed by atoms with Gasteiger partial charge in [-0.05, 0) is 97.7 Å². The molecular formula is C36H46Cl2. The monoisotopic (exact) mass is 548 g/mol. The van der Waals surface area contributed by atoms with E-state index < -0.39 is 0 Å². The third-order valence-corrected chi connectivity index (χ3v) is 10.7. The second-order valence-corrected chi connectivity index (χ2v) is 16.5. The van der Waals surface area contributed by atoms with E-state index >= 15 is 0 Å². The summed E-state index contributed by atoms with van der Waals surface area (Å²) in [4.78, 5) is 0. The molecule has 5 rings (SSSR count). The molecular weight excluding hydrogens is 503 g/mol. The lowest BCUT2D eigenvalue weighted by atomic mass is 9.66. The SMILES string of the molecule is Cc1cc2c(cc1C(C)(C)C)-c1cc(C(C)(C)C)c(C)cc1C2C1(C)C2=C(CC1Cl)C(Cl)C(C(C)(C)C)=C2. The molecule has 0 aliphatic heterocycles. The predicted octanol–water partition coefficient (Wildman–Crippen LogP) is 10.9. The Bertz CT molecular complexity index is 1330. The molecule has 0 aromatic heterocycles. The van der Waals surface area contributed by atoms with Gasteiger partial charge >= 0.3 is 0 Å². The molecule has 0 fully saturated rings. The van der Waals surface area contributed by atoms with Gasteiger partial charge in [0.15, 0.2) is 0 Å². The van der Waals surface area contributed by atoms with Crippen LogP contribution in [0.5, 0.6) is 0 Å². The zero-order valence-electron chi connectivity index (χ0n) is 25.6. The molecule has 38 heavy (non-hydrogen) atoms. The van der Waals surface area contributed by atoms with Crippen LogP contribution in [-0.2, 0) is 10.8 Å². The molecule has 2 aromatic rings. The normalized spacial score (nSPS) is 25.6. The van der Waals surface area contributed by atoms with Crippen molar-refractivity contribution < 1.29 is 0 Å². The summed E-state index contributed by atoms with van der Waals surface area (Å²) in [7, 11) is 0. The van der Waals surface area contributed by atoms with Crippen molar-refractivity contribution in [3.63, 3.8) is 0 Å². The number of rotatable bonds is 1. The van der Waals surface area contributed by atoms with Gasteiger partial charge in [-0.1, -0.05) is 99.6 Å². The Hall–Kier alpha value is -1.50. The number of hydrogen-bond donors (Lipinski definition) is 0. The Morgan fingerprint density at radius 3 is 1.55 bits per heavy atom. The zero-order valence-corrected chi connectivity index (χ0v) is 27.1. The molecule has 204 valence electrons. The number of fused-ring (bicyclic) bond motifs is 3. The van der Waals surface area contributed by atoms with Crippen LogP contribution in [0, 0.1) is 24.7 Å². The Balaban J connectivity index is 1.82. The van der Waals surface area contributed by atoms with Gasteiger partial charge in [-0.2, -0.15) is 0 Å². The van der Waals surface area contributed by atoms with Gasteiger partial charge in [-0.25, -0.2) is 0 Å². The molecule has 0 nitrogen and oxygen atoms in total. The van der Waals surface area contributed by atoms with Crippen LogP contribution in [0.1, 0.15) is 115 Å². The van der Waals surface area contributed by atoms with Crippen molar-refractivity contribution in [1.82, 2.24) is 0 Å². The standard InChI is InChI=1S/C36H46Cl2/c1-19-13-23-21(15-26(19)33(3,4)5)22-16-27(34(6,7)8)20(2)14-24(22)31(23)36(12)28-18-29(35(9,10)11)32(38)25(28)17-30(36)37/h13-16,18,30-32H,17H2,1-12H3. The molecule has 0 radical (unpaired) electrons. The summed E-state index contributed by atoms with van der Waals surface area (Å²) in [5.41, 5.74) is 15.3. The summed E-state index contributed by atoms with van der Waals surface area (Å²) in [6.07, 6.45) is 3.29. The van der Waals surface area contributed by atoms with Crippen LogP contribution in [0.2, 0.25) is 0 Å². The highest BCUT2D eigenvalue weighted by Crippen LogP contribution is 2.65. The molecule has 0 heterocycles. The molecule has 0 N–H and O–H groups in total. The number of alkyl halides is 2. The van der Waals surface area contributed by atoms with E-state index in [-0.39, 0.29) is 38.3 Å². The van der Waals surface area contributed by atoms with Crippen LogP contribution < -0.4 is 0 Å². The lowest BCUT2D eigenvalue weighted by molar-refractivity contribution is 0.360. The van der Waals surface area contributed by atoms with Crippen molar-refractivity contribution >= 4 is 23.2 Å². The van der Waals surface area contributed by atoms with Gasteiger partial charge in [-0.15, -0.1) is 23.2 Å². The summed E-state index contributed by atoms with van der Waals surface area (Å²) >= 11 is 14.6. The van der Waals surface area contributed by atoms with Gasteiger partial charge in [-0.3, -0.25) is 0 Å². The van der Waals surface area contributed by atoms with Crippen LogP contribution in [0.25, 0.3) is 11.1 Å². The number of hydrogen-bond acceptors (Lipinski definition) is 0. The molecule has 0 amide bonds. The molecule has 2 aromatic carbocycles. The molecule has 3 aliphatic carbocycles. The molecule has 0 bridgehead atoms. The largest absolute Gasteiger partial charge is 0.122 e. The van der Waals surface area contributed by atoms with Crippen LogP contribution in [0.4, 0.5) is 0 Å². The lowest BCUT2D eigenvalue weighted by Crippen LogP contribution is -2.33. The van der Waals surface area contributed by atoms with Gasteiger partial charge in [0.2, 0.25) is 0 Å². The summed E-state index contributed by atoms with van der Waals surface area (Å²) in [5, 5.41) is -0.0519. The van der Waals surface area contributed by atoms with Crippen molar-refractivity contribution in [3.8, 4) is 11.1 Å². The average Bonchev–Trinajstić information content (AvgIpc) is 3.33. The van der Waals surface area contributed by atoms with Crippen molar-refractivity contribution in [2.45, 2.75) is 117 Å². The van der Waals surface area contributed by atoms with Crippen LogP contribution >= 0.6 is 23.2 Å². The van der Waals surface area contributed by atoms with Gasteiger partial charge in [0.25, 0.3) is 0 Å². The van der Waals surface area contributed by atoms with Crippen LogP contribution in [0.3, 0.4) is 0 Å². The number of halogens is 2. The Morgan fingerprint density at radius 2 is 1.16 bits per heavy atom. The van der Waals surface area contributed by atoms with Gasteiger partial charge in [0.05, 0.1) is 5.38 Å². The van der Waals surface area contributed by atoms with E-state index in [9.17, 15) is 0 Å². The van der Waals surface area contributed by atoms with Gasteiger partial charge < -0.3 is 0 Å². The minimum Gasteiger partial charge on any atom is -0.122 e. The quantitative estimate of drug-likeness (QED) is 0.310. The fraction of sp³-hybridized carbons (Fsp3) is 0.556. The number of allylic oxidation sites excluding steroid dienone is 4. The topological polar surface area (TPSA) is 0 Å². The third-order valence-electron chi connectivity index (χ3n) is 9.64. The maximum absolute atomic E-state index is 7.42. The van der Waals surface area contributed by atoms with E-state index in [0.717, 1.165) is 6.42 Å². The molecule has 0 saturated carbocycles. The summed E-state index contributed by atoms with van der Waals surface area (Å²) < 4.78 is 0. The van der Waals surface area contributed by atoms with E-state index in [0.29, 0.717) is 0 Å². The van der Waals surface area contributed by atoms with Crippen molar-refractivity contribution in [3.05, 3.63) is 80.4 Å². The predicted molar refractivity (Wildman–Crippen MR) is 167 cm³/mol. The van der Waals surface area contributed by atoms with E-state index in [1.807, 2.05) is 0 Å². The first-order chi connectivity index (χ1) is 17.3. The molecule has 2 heteroatoms. The van der Waals surface area contributed by atoms with Gasteiger partial charge in [0.1, 0.15) is 0 Å². The first kappa shape index (κ1) is 28.0. The maximum Gasteiger partial charge on any atom is 0.0770 e. The molecule has 3 unspecified atom stereocenters. The number of aryl methyl sites for hydroxylation is 2. The van der Waals surface area contributed by atoms with E-state index in [1.54, 1.807) is 0 Å². The lowest BCUT2D eigenvalue weighted by Gasteiger charge is -2.39. The minimum absolute atomic E-state index is 0.000478. The highest BCUT2D eigenvalue weighted by Gasteiger charge is 2.55. The van der Waals surface area contributed by atoms with E-state index in [1.165, 1.54) is 61.2 Å². The highest BCUT2D eigenvalue weighted by atomic mass is 35.5. The summed E-state index contributed by atoms with van der Waals surface area (Å²) in [6.45, 7) is 27.8. The first-order valence-corrected chi connectivity index (χ1v) is 15.2. The van der Waals surface area contributed by atoms with Crippen molar-refractivity contribution in [1.29, 1.82) is 0 Å². The second-order valence-electron chi connectivity index (χ2n) is 15.5. The Kier molecular flexibility index (Phi) is 6.27. The van der Waals surface area contributed by atoms with Gasteiger partial charge in [0, 0.05) is 16.7 Å². The highest BCUT2D eigenvalue weighted by molar-refractivity contribution is 6.26. The third kappa shape index (κ3) is 3.99. The fourth-order valence-corrected chi connectivity index (χ4v) is 8.71. The average molecular weight is 550 g/mol. The Labute approximate surface area is 241 Å². The fourth-order valence-electron chi connectivity index (χ4n) is 7.70. The summed E-state index contributed by atoms with van der Waals surface area (Å²) in [6, 6.07) is 9.97. The Morgan fingerprint density at radius 1 is 0.711 bits per heavy atom. The van der Waals surface area contributed by atoms with Crippen molar-refractivity contribution in [2.75, 3.05) is 0 Å². The molecule has 0 saturated heterocycles. The first-order valence-electron chi connectivity index (χ1n) is 14.3. The van der Waals surface area contributed by atoms with E-state index in [4.69, 9.17) is 23.2 Å². The minimum atomic E-state index is -0.234. The molecule has 3 aliphatic rings. The smallest absolute Gasteiger partial charge is 0.0770 e. The second kappa shape index (κ2) is 8.50. The maximum atomic E-state index is 7.42. The van der Waals surface area contributed by atoms with Crippen LogP contribution in [0.15, 0.2) is 47.1 Å². The van der Waals surface area contributed by atoms with Crippen LogP contribution in [-0.4, -0.2) is 10.8 Å². The van der Waals surface area contributed by atoms with E-state index in [2.05, 4.69) is 113 Å². The molecule has 3 atom stereocenters. The number of benzene rings is 2. The molecule has 0 spiro atoms. The summed E-state index contributed by atoms with van der Waals surface area (Å²) in [5.74, 6) is 0.197.